The zero-order valence-corrected chi connectivity index (χ0v) is 34.9. The molecule has 6 rings (SSSR count). The quantitative estimate of drug-likeness (QED) is 0.209. The van der Waals surface area contributed by atoms with E-state index >= 15 is 0 Å². The molecule has 0 bridgehead atoms. The van der Waals surface area contributed by atoms with Crippen LogP contribution in [0.3, 0.4) is 0 Å². The third-order valence-electron chi connectivity index (χ3n) is 8.48. The third kappa shape index (κ3) is 10.2. The van der Waals surface area contributed by atoms with Crippen LogP contribution in [0.2, 0.25) is 0 Å². The molecule has 2 unspecified atom stereocenters. The average molecular weight is 791 g/mol. The van der Waals surface area contributed by atoms with Crippen molar-refractivity contribution in [3.63, 3.8) is 0 Å². The van der Waals surface area contributed by atoms with Gasteiger partial charge in [-0.2, -0.15) is 0 Å². The van der Waals surface area contributed by atoms with Crippen LogP contribution < -0.4 is 24.8 Å². The van der Waals surface area contributed by atoms with E-state index in [2.05, 4.69) is 127 Å². The van der Waals surface area contributed by atoms with Crippen LogP contribution >= 0.6 is 24.4 Å². The van der Waals surface area contributed by atoms with Crippen molar-refractivity contribution in [3.8, 4) is 0 Å². The van der Waals surface area contributed by atoms with Gasteiger partial charge in [0.2, 0.25) is 0 Å². The summed E-state index contributed by atoms with van der Waals surface area (Å²) in [5.41, 5.74) is 13.5. The second kappa shape index (κ2) is 20.9. The van der Waals surface area contributed by atoms with Crippen molar-refractivity contribution in [2.24, 2.45) is 11.8 Å². The van der Waals surface area contributed by atoms with Crippen LogP contribution in [0.25, 0.3) is 11.1 Å². The van der Waals surface area contributed by atoms with E-state index in [1.165, 1.54) is 58.9 Å². The second-order valence-corrected chi connectivity index (χ2v) is 15.9. The van der Waals surface area contributed by atoms with Crippen LogP contribution in [0.1, 0.15) is 104 Å². The Kier molecular flexibility index (Phi) is 18.5. The number of halogens is 2. The molecule has 0 aliphatic heterocycles. The minimum absolute atomic E-state index is 0. The van der Waals surface area contributed by atoms with E-state index in [4.69, 9.17) is 24.4 Å². The van der Waals surface area contributed by atoms with E-state index in [1.807, 2.05) is 0 Å². The molecule has 0 fully saturated rings. The molecule has 48 heavy (non-hydrogen) atoms. The normalized spacial score (nSPS) is 18.7. The first-order valence-electron chi connectivity index (χ1n) is 17.1. The molecule has 4 aliphatic carbocycles. The standard InChI is InChI=1S/2C20H21S.C3H6.2ClH.Zr/c2*1-3-8-15-12-17(14-10-6-5-7-11-14)18-13-16(9-4-2)20(21)19(15)18;1-3-2;;;/h2*5-7,10-12,18H,3-4,8-9H2,1-2H3;1-2H3;2*1H;/q2*-1;;;;+2/p-2. The SMILES string of the molecule is CCCC1=[C-]C2C(c3ccccc3)=CC(CCC)=C2C1=S.CCCC1=[C-]C2C(c3ccccc3)=CC(CCC)=C2C1=S.C[C](C)=[Zr+2].[Cl-].[Cl-]. The van der Waals surface area contributed by atoms with Gasteiger partial charge >= 0.3 is 41.3 Å². The molecule has 0 saturated carbocycles. The van der Waals surface area contributed by atoms with Gasteiger partial charge in [0, 0.05) is 0 Å². The van der Waals surface area contributed by atoms with Crippen LogP contribution in [0, 0.1) is 24.0 Å². The molecule has 4 aliphatic rings. The zero-order chi connectivity index (χ0) is 33.2. The molecular formula is C43H48Cl2S2Zr-2. The fourth-order valence-corrected chi connectivity index (χ4v) is 7.44. The average Bonchev–Trinajstić information content (AvgIpc) is 3.77. The molecule has 0 heterocycles. The number of hydrogen-bond donors (Lipinski definition) is 0. The van der Waals surface area contributed by atoms with Crippen LogP contribution in [0.4, 0.5) is 0 Å². The summed E-state index contributed by atoms with van der Waals surface area (Å²) in [7, 11) is 0. The Morgan fingerprint density at radius 2 is 0.896 bits per heavy atom. The first-order chi connectivity index (χ1) is 22.2. The summed E-state index contributed by atoms with van der Waals surface area (Å²) < 4.78 is 1.51. The molecular weight excluding hydrogens is 743 g/mol. The summed E-state index contributed by atoms with van der Waals surface area (Å²) in [5.74, 6) is 0.561. The molecule has 5 heteroatoms. The minimum atomic E-state index is 0. The molecule has 2 aromatic rings. The maximum atomic E-state index is 5.75. The van der Waals surface area contributed by atoms with Gasteiger partial charge in [0.1, 0.15) is 0 Å². The fourth-order valence-electron chi connectivity index (χ4n) is 6.62. The predicted molar refractivity (Wildman–Crippen MR) is 205 cm³/mol. The monoisotopic (exact) mass is 788 g/mol. The van der Waals surface area contributed by atoms with Gasteiger partial charge in [-0.3, -0.25) is 12.2 Å². The summed E-state index contributed by atoms with van der Waals surface area (Å²) in [5, 5.41) is 0. The molecule has 2 atom stereocenters. The van der Waals surface area contributed by atoms with Gasteiger partial charge in [-0.1, -0.05) is 162 Å². The van der Waals surface area contributed by atoms with E-state index in [0.717, 1.165) is 61.1 Å². The molecule has 0 saturated heterocycles. The van der Waals surface area contributed by atoms with Gasteiger partial charge in [-0.05, 0) is 35.1 Å². The van der Waals surface area contributed by atoms with Crippen molar-refractivity contribution in [2.75, 3.05) is 0 Å². The molecule has 0 nitrogen and oxygen atoms in total. The second-order valence-electron chi connectivity index (χ2n) is 12.6. The molecule has 0 radical (unpaired) electrons. The summed E-state index contributed by atoms with van der Waals surface area (Å²) >= 11 is 13.0. The zero-order valence-electron chi connectivity index (χ0n) is 29.3. The Labute approximate surface area is 329 Å². The fraction of sp³-hybridized carbons (Fsp3) is 0.372. The van der Waals surface area contributed by atoms with E-state index in [9.17, 15) is 0 Å². The number of thiocarbonyl (C=S) groups is 2. The molecule has 0 amide bonds. The van der Waals surface area contributed by atoms with Crippen molar-refractivity contribution >= 4 is 48.5 Å². The Bertz CT molecular complexity index is 1520. The Balaban J connectivity index is 0.000000289. The maximum absolute atomic E-state index is 5.75. The molecule has 2 aromatic carbocycles. The molecule has 0 N–H and O–H groups in total. The predicted octanol–water partition coefficient (Wildman–Crippen LogP) is 6.17. The van der Waals surface area contributed by atoms with Crippen LogP contribution in [-0.4, -0.2) is 12.9 Å². The van der Waals surface area contributed by atoms with Crippen molar-refractivity contribution in [1.82, 2.24) is 0 Å². The van der Waals surface area contributed by atoms with Crippen molar-refractivity contribution in [1.29, 1.82) is 0 Å². The summed E-state index contributed by atoms with van der Waals surface area (Å²) in [6.07, 6.45) is 21.0. The number of allylic oxidation sites excluding steroid dienone is 12. The number of hydrogen-bond acceptors (Lipinski definition) is 2. The van der Waals surface area contributed by atoms with Gasteiger partial charge in [0.05, 0.1) is 0 Å². The van der Waals surface area contributed by atoms with Crippen LogP contribution in [-0.2, 0) is 24.2 Å². The van der Waals surface area contributed by atoms with E-state index in [1.54, 1.807) is 24.2 Å². The van der Waals surface area contributed by atoms with E-state index in [-0.39, 0.29) is 36.6 Å². The molecule has 252 valence electrons. The number of benzene rings is 2. The van der Waals surface area contributed by atoms with Gasteiger partial charge in [-0.15, -0.1) is 20.9 Å². The Morgan fingerprint density at radius 3 is 1.19 bits per heavy atom. The van der Waals surface area contributed by atoms with E-state index in [0.29, 0.717) is 0 Å². The summed E-state index contributed by atoms with van der Waals surface area (Å²) in [4.78, 5) is 2.15. The Hall–Kier alpha value is -1.61. The van der Waals surface area contributed by atoms with Crippen LogP contribution in [0.15, 0.2) is 106 Å². The Morgan fingerprint density at radius 1 is 0.583 bits per heavy atom. The van der Waals surface area contributed by atoms with Gasteiger partial charge in [0.25, 0.3) is 0 Å². The first-order valence-corrected chi connectivity index (χ1v) is 19.2. The minimum Gasteiger partial charge on any atom is -1.00 e. The van der Waals surface area contributed by atoms with Crippen molar-refractivity contribution in [2.45, 2.75) is 92.9 Å². The topological polar surface area (TPSA) is 0 Å². The third-order valence-corrected chi connectivity index (χ3v) is 9.41. The summed E-state index contributed by atoms with van der Waals surface area (Å²) in [6.45, 7) is 13.1. The summed E-state index contributed by atoms with van der Waals surface area (Å²) in [6, 6.07) is 21.4. The van der Waals surface area contributed by atoms with Crippen LogP contribution in [0.5, 0.6) is 0 Å². The number of fused-ring (bicyclic) bond motifs is 2. The van der Waals surface area contributed by atoms with Gasteiger partial charge in [-0.25, -0.2) is 35.6 Å². The number of rotatable bonds is 10. The van der Waals surface area contributed by atoms with Crippen molar-refractivity contribution < 1.29 is 49.0 Å². The van der Waals surface area contributed by atoms with E-state index < -0.39 is 0 Å². The van der Waals surface area contributed by atoms with Gasteiger partial charge < -0.3 is 24.8 Å². The first kappa shape index (κ1) is 42.6. The van der Waals surface area contributed by atoms with Gasteiger partial charge in [0.15, 0.2) is 0 Å². The molecule has 0 spiro atoms. The van der Waals surface area contributed by atoms with Crippen molar-refractivity contribution in [3.05, 3.63) is 130 Å². The molecule has 0 aromatic heterocycles. The largest absolute Gasteiger partial charge is 1.00 e. The maximum Gasteiger partial charge on any atom is -1.00 e. The smallest absolute Gasteiger partial charge is 1.00 e.